The first kappa shape index (κ1) is 21.4. The molecule has 1 aromatic heterocycles. The van der Waals surface area contributed by atoms with Crippen molar-refractivity contribution in [1.29, 1.82) is 0 Å². The zero-order valence-electron chi connectivity index (χ0n) is 18.0. The number of amides is 1. The van der Waals surface area contributed by atoms with Gasteiger partial charge in [0.15, 0.2) is 0 Å². The summed E-state index contributed by atoms with van der Waals surface area (Å²) < 4.78 is 5.31. The van der Waals surface area contributed by atoms with Gasteiger partial charge in [0, 0.05) is 38.0 Å². The average molecular weight is 429 g/mol. The third kappa shape index (κ3) is 5.24. The van der Waals surface area contributed by atoms with Crippen LogP contribution in [0.1, 0.15) is 55.5 Å². The van der Waals surface area contributed by atoms with Gasteiger partial charge < -0.3 is 14.6 Å². The lowest BCUT2D eigenvalue weighted by Crippen LogP contribution is -2.48. The van der Waals surface area contributed by atoms with Gasteiger partial charge in [-0.15, -0.1) is 10.2 Å². The van der Waals surface area contributed by atoms with E-state index in [0.29, 0.717) is 22.3 Å². The number of likely N-dealkylation sites (tertiary alicyclic amines) is 1. The minimum atomic E-state index is 0.0428. The van der Waals surface area contributed by atoms with E-state index in [1.165, 1.54) is 48.6 Å². The van der Waals surface area contributed by atoms with E-state index in [2.05, 4.69) is 51.6 Å². The smallest absolute Gasteiger partial charge is 0.277 e. The number of piperidine rings is 1. The molecule has 6 nitrogen and oxygen atoms in total. The molecule has 30 heavy (non-hydrogen) atoms. The highest BCUT2D eigenvalue weighted by Crippen LogP contribution is 2.42. The van der Waals surface area contributed by atoms with Crippen LogP contribution in [0.3, 0.4) is 0 Å². The van der Waals surface area contributed by atoms with Crippen LogP contribution in [0.25, 0.3) is 0 Å². The van der Waals surface area contributed by atoms with Gasteiger partial charge in [-0.05, 0) is 38.2 Å². The molecule has 0 unspecified atom stereocenters. The summed E-state index contributed by atoms with van der Waals surface area (Å²) in [5.74, 6) is 0.885. The van der Waals surface area contributed by atoms with Crippen molar-refractivity contribution in [2.75, 3.05) is 25.4 Å². The van der Waals surface area contributed by atoms with Crippen LogP contribution in [0.5, 0.6) is 0 Å². The first-order chi connectivity index (χ1) is 14.5. The second-order valence-corrected chi connectivity index (χ2v) is 9.77. The molecule has 1 aliphatic heterocycles. The Labute approximate surface area is 183 Å². The van der Waals surface area contributed by atoms with Gasteiger partial charge in [0.25, 0.3) is 5.22 Å². The van der Waals surface area contributed by atoms with Crippen molar-refractivity contribution >= 4 is 17.7 Å². The minimum Gasteiger partial charge on any atom is -0.416 e. The highest BCUT2D eigenvalue weighted by Gasteiger charge is 2.38. The normalized spacial score (nSPS) is 19.8. The van der Waals surface area contributed by atoms with E-state index < -0.39 is 0 Å². The van der Waals surface area contributed by atoms with E-state index in [0.717, 1.165) is 32.5 Å². The Balaban J connectivity index is 1.25. The number of hydrogen-bond acceptors (Lipinski definition) is 6. The summed E-state index contributed by atoms with van der Waals surface area (Å²) in [6, 6.07) is 9.46. The van der Waals surface area contributed by atoms with Crippen LogP contribution in [0.2, 0.25) is 0 Å². The van der Waals surface area contributed by atoms with E-state index in [9.17, 15) is 4.79 Å². The maximum atomic E-state index is 12.3. The molecule has 2 fully saturated rings. The van der Waals surface area contributed by atoms with E-state index in [1.54, 1.807) is 6.92 Å². The van der Waals surface area contributed by atoms with Gasteiger partial charge in [0.05, 0.1) is 5.75 Å². The number of nitrogens with zero attached hydrogens (tertiary/aromatic N) is 3. The van der Waals surface area contributed by atoms with Gasteiger partial charge in [-0.2, -0.15) is 0 Å². The predicted molar refractivity (Wildman–Crippen MR) is 119 cm³/mol. The molecule has 2 heterocycles. The monoisotopic (exact) mass is 428 g/mol. The molecule has 0 spiro atoms. The Bertz CT molecular complexity index is 837. The highest BCUT2D eigenvalue weighted by atomic mass is 32.2. The fourth-order valence-electron chi connectivity index (χ4n) is 4.89. The number of carbonyl (C=O) groups is 1. The SMILES string of the molecule is Cc1ccc(C2(CN3CCC(NC(=O)CSc4nnc(C)o4)CC3)CCCC2)cc1. The summed E-state index contributed by atoms with van der Waals surface area (Å²) in [7, 11) is 0. The maximum absolute atomic E-state index is 12.3. The molecule has 1 saturated heterocycles. The fraction of sp³-hybridized carbons (Fsp3) is 0.609. The zero-order valence-corrected chi connectivity index (χ0v) is 18.8. The largest absolute Gasteiger partial charge is 0.416 e. The molecule has 2 aliphatic rings. The number of carbonyl (C=O) groups excluding carboxylic acids is 1. The summed E-state index contributed by atoms with van der Waals surface area (Å²) in [5, 5.41) is 11.3. The van der Waals surface area contributed by atoms with Crippen molar-refractivity contribution in [3.05, 3.63) is 41.3 Å². The van der Waals surface area contributed by atoms with Gasteiger partial charge in [-0.3, -0.25) is 4.79 Å². The van der Waals surface area contributed by atoms with Crippen molar-refractivity contribution in [3.8, 4) is 0 Å². The van der Waals surface area contributed by atoms with Crippen LogP contribution >= 0.6 is 11.8 Å². The Morgan fingerprint density at radius 1 is 1.17 bits per heavy atom. The lowest BCUT2D eigenvalue weighted by molar-refractivity contribution is -0.119. The molecule has 4 rings (SSSR count). The van der Waals surface area contributed by atoms with Crippen LogP contribution in [0.4, 0.5) is 0 Å². The average Bonchev–Trinajstić information content (AvgIpc) is 3.38. The first-order valence-electron chi connectivity index (χ1n) is 11.0. The summed E-state index contributed by atoms with van der Waals surface area (Å²) in [5.41, 5.74) is 3.15. The highest BCUT2D eigenvalue weighted by molar-refractivity contribution is 7.99. The van der Waals surface area contributed by atoms with Crippen molar-refractivity contribution in [3.63, 3.8) is 0 Å². The minimum absolute atomic E-state index is 0.0428. The Morgan fingerprint density at radius 3 is 2.50 bits per heavy atom. The van der Waals surface area contributed by atoms with Crippen molar-refractivity contribution in [1.82, 2.24) is 20.4 Å². The quantitative estimate of drug-likeness (QED) is 0.675. The molecule has 162 valence electrons. The molecule has 1 N–H and O–H groups in total. The molecule has 0 radical (unpaired) electrons. The number of aromatic nitrogens is 2. The van der Waals surface area contributed by atoms with Crippen molar-refractivity contribution < 1.29 is 9.21 Å². The molecular formula is C23H32N4O2S. The van der Waals surface area contributed by atoms with E-state index in [-0.39, 0.29) is 11.9 Å². The molecule has 2 aromatic rings. The van der Waals surface area contributed by atoms with E-state index >= 15 is 0 Å². The van der Waals surface area contributed by atoms with Crippen LogP contribution in [-0.2, 0) is 10.2 Å². The molecule has 1 amide bonds. The number of aryl methyl sites for hydroxylation is 2. The topological polar surface area (TPSA) is 71.3 Å². The molecule has 0 atom stereocenters. The van der Waals surface area contributed by atoms with Gasteiger partial charge in [-0.25, -0.2) is 0 Å². The van der Waals surface area contributed by atoms with Crippen molar-refractivity contribution in [2.24, 2.45) is 0 Å². The van der Waals surface area contributed by atoms with Crippen LogP contribution in [-0.4, -0.2) is 52.4 Å². The molecule has 7 heteroatoms. The molecule has 0 bridgehead atoms. The fourth-order valence-corrected chi connectivity index (χ4v) is 5.51. The van der Waals surface area contributed by atoms with E-state index in [1.807, 2.05) is 0 Å². The first-order valence-corrected chi connectivity index (χ1v) is 12.0. The number of thioether (sulfide) groups is 1. The summed E-state index contributed by atoms with van der Waals surface area (Å²) >= 11 is 1.30. The van der Waals surface area contributed by atoms with Gasteiger partial charge in [0.1, 0.15) is 0 Å². The lowest BCUT2D eigenvalue weighted by atomic mass is 9.77. The number of rotatable bonds is 7. The summed E-state index contributed by atoms with van der Waals surface area (Å²) in [6.07, 6.45) is 7.27. The summed E-state index contributed by atoms with van der Waals surface area (Å²) in [4.78, 5) is 14.9. The van der Waals surface area contributed by atoms with Crippen LogP contribution < -0.4 is 5.32 Å². The molecule has 1 aromatic carbocycles. The predicted octanol–water partition coefficient (Wildman–Crippen LogP) is 3.87. The standard InChI is InChI=1S/C23H32N4O2S/c1-17-5-7-19(8-6-17)23(11-3-4-12-23)16-27-13-9-20(10-14-27)24-21(28)15-30-22-26-25-18(2)29-22/h5-8,20H,3-4,9-16H2,1-2H3,(H,24,28). The number of nitrogens with one attached hydrogen (secondary N) is 1. The van der Waals surface area contributed by atoms with Crippen LogP contribution in [0, 0.1) is 13.8 Å². The third-order valence-electron chi connectivity index (χ3n) is 6.54. The molecular weight excluding hydrogens is 396 g/mol. The molecule has 1 saturated carbocycles. The Morgan fingerprint density at radius 2 is 1.87 bits per heavy atom. The second kappa shape index (κ2) is 9.52. The van der Waals surface area contributed by atoms with Crippen LogP contribution in [0.15, 0.2) is 33.9 Å². The molecule has 1 aliphatic carbocycles. The Hall–Kier alpha value is -1.86. The Kier molecular flexibility index (Phi) is 6.78. The maximum Gasteiger partial charge on any atom is 0.277 e. The van der Waals surface area contributed by atoms with Gasteiger partial charge in [0.2, 0.25) is 11.8 Å². The second-order valence-electron chi connectivity index (χ2n) is 8.85. The van der Waals surface area contributed by atoms with Gasteiger partial charge in [-0.1, -0.05) is 54.4 Å². The summed E-state index contributed by atoms with van der Waals surface area (Å²) in [6.45, 7) is 7.15. The number of benzene rings is 1. The third-order valence-corrected chi connectivity index (χ3v) is 7.36. The van der Waals surface area contributed by atoms with E-state index in [4.69, 9.17) is 4.42 Å². The van der Waals surface area contributed by atoms with Gasteiger partial charge >= 0.3 is 0 Å². The number of hydrogen-bond donors (Lipinski definition) is 1. The lowest BCUT2D eigenvalue weighted by Gasteiger charge is -2.39. The van der Waals surface area contributed by atoms with Crippen molar-refractivity contribution in [2.45, 2.75) is 69.1 Å². The zero-order chi connectivity index (χ0) is 21.0.